The minimum atomic E-state index is -3.75. The molecule has 0 heterocycles. The lowest BCUT2D eigenvalue weighted by molar-refractivity contribution is 0.108. The average Bonchev–Trinajstić information content (AvgIpc) is 2.18. The summed E-state index contributed by atoms with van der Waals surface area (Å²) in [7, 11) is -3.75. The molecule has 0 radical (unpaired) electrons. The first-order chi connectivity index (χ1) is 6.47. The Labute approximate surface area is 91.0 Å². The Kier molecular flexibility index (Phi) is 3.49. The second-order valence-electron chi connectivity index (χ2n) is 2.38. The van der Waals surface area contributed by atoms with Crippen LogP contribution in [0, 0.1) is 0 Å². The van der Waals surface area contributed by atoms with Crippen LogP contribution in [0.2, 0.25) is 0 Å². The van der Waals surface area contributed by atoms with Gasteiger partial charge in [0.05, 0.1) is 4.90 Å². The summed E-state index contributed by atoms with van der Waals surface area (Å²) in [5, 5.41) is -0.725. The third-order valence-electron chi connectivity index (χ3n) is 1.47. The molecule has 0 aliphatic heterocycles. The summed E-state index contributed by atoms with van der Waals surface area (Å²) >= 11 is 10.2. The molecule has 0 fully saturated rings. The highest BCUT2D eigenvalue weighted by Crippen LogP contribution is 2.13. The molecule has 1 aromatic rings. The van der Waals surface area contributed by atoms with Gasteiger partial charge in [-0.05, 0) is 35.5 Å². The molecule has 7 heteroatoms. The van der Waals surface area contributed by atoms with Gasteiger partial charge in [-0.2, -0.15) is 0 Å². The molecule has 0 spiro atoms. The lowest BCUT2D eigenvalue weighted by Gasteiger charge is -2.01. The van der Waals surface area contributed by atoms with Crippen molar-refractivity contribution < 1.29 is 13.2 Å². The summed E-state index contributed by atoms with van der Waals surface area (Å²) < 4.78 is 24.0. The van der Waals surface area contributed by atoms with Gasteiger partial charge >= 0.3 is 0 Å². The van der Waals surface area contributed by atoms with Crippen molar-refractivity contribution in [1.29, 1.82) is 0 Å². The average molecular weight is 254 g/mol. The zero-order valence-electron chi connectivity index (χ0n) is 6.70. The molecule has 1 N–H and O–H groups in total. The highest BCUT2D eigenvalue weighted by Gasteiger charge is 2.13. The van der Waals surface area contributed by atoms with E-state index in [0.717, 1.165) is 6.07 Å². The molecular formula is C7H5Cl2NO3S. The van der Waals surface area contributed by atoms with E-state index in [1.807, 2.05) is 0 Å². The number of hydrogen-bond acceptors (Lipinski definition) is 3. The Hall–Kier alpha value is -0.620. The molecule has 1 aromatic carbocycles. The number of benzene rings is 1. The first-order valence-corrected chi connectivity index (χ1v) is 5.63. The standard InChI is InChI=1S/C7H5Cl2NO3S/c8-7(11)5-2-1-3-6(4-5)14(12,13)10-9/h1-4,10H. The zero-order chi connectivity index (χ0) is 10.8. The van der Waals surface area contributed by atoms with Crippen LogP contribution < -0.4 is 4.24 Å². The minimum absolute atomic E-state index is 0.0969. The Morgan fingerprint density at radius 2 is 2.00 bits per heavy atom. The van der Waals surface area contributed by atoms with Gasteiger partial charge in [-0.1, -0.05) is 12.1 Å². The van der Waals surface area contributed by atoms with E-state index in [-0.39, 0.29) is 10.5 Å². The Morgan fingerprint density at radius 3 is 2.50 bits per heavy atom. The smallest absolute Gasteiger partial charge is 0.253 e. The minimum Gasteiger partial charge on any atom is -0.276 e. The molecule has 0 amide bonds. The van der Waals surface area contributed by atoms with Crippen LogP contribution in [0.1, 0.15) is 10.4 Å². The molecule has 0 bridgehead atoms. The van der Waals surface area contributed by atoms with Gasteiger partial charge in [-0.15, -0.1) is 4.24 Å². The highest BCUT2D eigenvalue weighted by molar-refractivity contribution is 7.90. The van der Waals surface area contributed by atoms with E-state index >= 15 is 0 Å². The maximum absolute atomic E-state index is 11.2. The van der Waals surface area contributed by atoms with Crippen LogP contribution in [-0.2, 0) is 10.0 Å². The van der Waals surface area contributed by atoms with Gasteiger partial charge in [-0.25, -0.2) is 8.42 Å². The van der Waals surface area contributed by atoms with Crippen molar-refractivity contribution in [2.75, 3.05) is 0 Å². The van der Waals surface area contributed by atoms with Crippen molar-refractivity contribution in [3.63, 3.8) is 0 Å². The molecule has 76 valence electrons. The SMILES string of the molecule is O=C(Cl)c1cccc(S(=O)(=O)NCl)c1. The zero-order valence-corrected chi connectivity index (χ0v) is 9.03. The Bertz CT molecular complexity index is 458. The summed E-state index contributed by atoms with van der Waals surface area (Å²) in [6, 6.07) is 5.24. The summed E-state index contributed by atoms with van der Waals surface area (Å²) in [6.07, 6.45) is 0. The molecule has 4 nitrogen and oxygen atoms in total. The number of sulfonamides is 1. The molecule has 0 aliphatic rings. The second-order valence-corrected chi connectivity index (χ2v) is 4.82. The van der Waals surface area contributed by atoms with Crippen molar-refractivity contribution in [3.8, 4) is 0 Å². The number of carbonyl (C=O) groups excluding carboxylic acids is 1. The lowest BCUT2D eigenvalue weighted by Crippen LogP contribution is -2.13. The molecule has 0 aromatic heterocycles. The van der Waals surface area contributed by atoms with Crippen molar-refractivity contribution >= 4 is 38.6 Å². The number of rotatable bonds is 3. The Morgan fingerprint density at radius 1 is 1.36 bits per heavy atom. The molecule has 0 aliphatic carbocycles. The summed E-state index contributed by atoms with van der Waals surface area (Å²) in [5.74, 6) is 0. The van der Waals surface area contributed by atoms with E-state index in [1.54, 1.807) is 4.24 Å². The van der Waals surface area contributed by atoms with Crippen LogP contribution in [0.3, 0.4) is 0 Å². The monoisotopic (exact) mass is 253 g/mol. The molecule has 0 atom stereocenters. The highest BCUT2D eigenvalue weighted by atomic mass is 35.5. The number of carbonyl (C=O) groups is 1. The van der Waals surface area contributed by atoms with Crippen LogP contribution in [0.5, 0.6) is 0 Å². The van der Waals surface area contributed by atoms with Crippen molar-refractivity contribution in [3.05, 3.63) is 29.8 Å². The van der Waals surface area contributed by atoms with E-state index < -0.39 is 15.3 Å². The van der Waals surface area contributed by atoms with E-state index in [9.17, 15) is 13.2 Å². The third-order valence-corrected chi connectivity index (χ3v) is 3.38. The number of halogens is 2. The summed E-state index contributed by atoms with van der Waals surface area (Å²) in [6.45, 7) is 0. The van der Waals surface area contributed by atoms with Crippen LogP contribution in [0.4, 0.5) is 0 Å². The summed E-state index contributed by atoms with van der Waals surface area (Å²) in [5.41, 5.74) is 0.0969. The second kappa shape index (κ2) is 4.27. The van der Waals surface area contributed by atoms with E-state index in [0.29, 0.717) is 0 Å². The maximum atomic E-state index is 11.2. The Balaban J connectivity index is 3.26. The van der Waals surface area contributed by atoms with Crippen LogP contribution >= 0.6 is 23.4 Å². The fraction of sp³-hybridized carbons (Fsp3) is 0. The normalized spacial score (nSPS) is 11.3. The molecule has 1 rings (SSSR count). The maximum Gasteiger partial charge on any atom is 0.253 e. The number of hydrogen-bond donors (Lipinski definition) is 1. The van der Waals surface area contributed by atoms with Crippen molar-refractivity contribution in [1.82, 2.24) is 4.24 Å². The van der Waals surface area contributed by atoms with Gasteiger partial charge in [0.15, 0.2) is 0 Å². The van der Waals surface area contributed by atoms with Crippen molar-refractivity contribution in [2.45, 2.75) is 4.90 Å². The van der Waals surface area contributed by atoms with Crippen LogP contribution in [0.25, 0.3) is 0 Å². The van der Waals surface area contributed by atoms with E-state index in [1.165, 1.54) is 18.2 Å². The summed E-state index contributed by atoms with van der Waals surface area (Å²) in [4.78, 5) is 10.6. The van der Waals surface area contributed by atoms with Crippen molar-refractivity contribution in [2.24, 2.45) is 0 Å². The van der Waals surface area contributed by atoms with Gasteiger partial charge in [0.25, 0.3) is 15.3 Å². The van der Waals surface area contributed by atoms with E-state index in [4.69, 9.17) is 23.4 Å². The molecule has 0 unspecified atom stereocenters. The first kappa shape index (κ1) is 11.5. The predicted molar refractivity (Wildman–Crippen MR) is 52.8 cm³/mol. The lowest BCUT2D eigenvalue weighted by atomic mass is 10.2. The van der Waals surface area contributed by atoms with Crippen LogP contribution in [0.15, 0.2) is 29.2 Å². The van der Waals surface area contributed by atoms with E-state index in [2.05, 4.69) is 0 Å². The fourth-order valence-electron chi connectivity index (χ4n) is 0.830. The third kappa shape index (κ3) is 2.45. The molecular weight excluding hydrogens is 249 g/mol. The van der Waals surface area contributed by atoms with Gasteiger partial charge in [0.2, 0.25) is 0 Å². The topological polar surface area (TPSA) is 63.2 Å². The number of nitrogens with one attached hydrogen (secondary N) is 1. The predicted octanol–water partition coefficient (Wildman–Crippen LogP) is 1.50. The molecule has 14 heavy (non-hydrogen) atoms. The van der Waals surface area contributed by atoms with Crippen LogP contribution in [-0.4, -0.2) is 13.7 Å². The van der Waals surface area contributed by atoms with Gasteiger partial charge in [-0.3, -0.25) is 4.79 Å². The fourth-order valence-corrected chi connectivity index (χ4v) is 1.84. The molecule has 0 saturated heterocycles. The quantitative estimate of drug-likeness (QED) is 0.656. The van der Waals surface area contributed by atoms with Gasteiger partial charge < -0.3 is 0 Å². The van der Waals surface area contributed by atoms with Gasteiger partial charge in [0, 0.05) is 5.56 Å². The largest absolute Gasteiger partial charge is 0.276 e. The first-order valence-electron chi connectivity index (χ1n) is 3.40. The van der Waals surface area contributed by atoms with Gasteiger partial charge in [0.1, 0.15) is 0 Å². The molecule has 0 saturated carbocycles.